The van der Waals surface area contributed by atoms with Gasteiger partial charge in [0.25, 0.3) is 0 Å². The lowest BCUT2D eigenvalue weighted by Gasteiger charge is -2.08. The number of carbonyl (C=O) groups is 1. The van der Waals surface area contributed by atoms with Gasteiger partial charge in [-0.2, -0.15) is 0 Å². The van der Waals surface area contributed by atoms with Gasteiger partial charge in [-0.05, 0) is 24.3 Å². The molecule has 0 fully saturated rings. The lowest BCUT2D eigenvalue weighted by Crippen LogP contribution is -2.28. The van der Waals surface area contributed by atoms with E-state index in [2.05, 4.69) is 10.6 Å². The molecule has 0 saturated carbocycles. The van der Waals surface area contributed by atoms with Crippen LogP contribution in [-0.2, 0) is 11.3 Å². The predicted octanol–water partition coefficient (Wildman–Crippen LogP) is 3.35. The number of nitrogens with one attached hydrogen (secondary N) is 2. The first-order valence-corrected chi connectivity index (χ1v) is 6.63. The molecule has 0 saturated heterocycles. The zero-order valence-electron chi connectivity index (χ0n) is 11.0. The number of anilines is 1. The third kappa shape index (κ3) is 4.51. The molecule has 0 heterocycles. The maximum Gasteiger partial charge on any atom is 0.238 e. The van der Waals surface area contributed by atoms with Gasteiger partial charge in [-0.3, -0.25) is 4.79 Å². The van der Waals surface area contributed by atoms with Gasteiger partial charge in [-0.15, -0.1) is 0 Å². The Morgan fingerprint density at radius 3 is 2.57 bits per heavy atom. The van der Waals surface area contributed by atoms with Crippen LogP contribution < -0.4 is 10.6 Å². The first kappa shape index (κ1) is 15.4. The molecule has 0 atom stereocenters. The molecule has 2 N–H and O–H groups in total. The molecule has 0 radical (unpaired) electrons. The molecule has 1 amide bonds. The van der Waals surface area contributed by atoms with E-state index in [1.54, 1.807) is 18.2 Å². The van der Waals surface area contributed by atoms with E-state index in [1.807, 2.05) is 0 Å². The molecular weight excluding hydrogens is 298 g/mol. The highest BCUT2D eigenvalue weighted by Gasteiger charge is 2.06. The molecular formula is C15H13ClF2N2O. The van der Waals surface area contributed by atoms with Crippen molar-refractivity contribution >= 4 is 23.2 Å². The maximum absolute atomic E-state index is 13.4. The quantitative estimate of drug-likeness (QED) is 0.889. The van der Waals surface area contributed by atoms with Crippen LogP contribution in [0.1, 0.15) is 5.56 Å². The van der Waals surface area contributed by atoms with Crippen LogP contribution >= 0.6 is 11.6 Å². The van der Waals surface area contributed by atoms with Gasteiger partial charge in [0.05, 0.1) is 11.6 Å². The number of rotatable bonds is 5. The molecule has 0 spiro atoms. The zero-order chi connectivity index (χ0) is 15.2. The molecule has 110 valence electrons. The topological polar surface area (TPSA) is 41.1 Å². The molecule has 2 aromatic rings. The van der Waals surface area contributed by atoms with E-state index in [0.717, 1.165) is 0 Å². The summed E-state index contributed by atoms with van der Waals surface area (Å²) in [5.74, 6) is -1.20. The van der Waals surface area contributed by atoms with Crippen molar-refractivity contribution in [3.05, 3.63) is 64.7 Å². The average molecular weight is 311 g/mol. The SMILES string of the molecule is O=C(CNCc1ccccc1F)Nc1ccc(F)c(Cl)c1. The van der Waals surface area contributed by atoms with E-state index >= 15 is 0 Å². The van der Waals surface area contributed by atoms with Crippen molar-refractivity contribution in [1.82, 2.24) is 5.32 Å². The molecule has 0 unspecified atom stereocenters. The van der Waals surface area contributed by atoms with Gasteiger partial charge in [-0.25, -0.2) is 8.78 Å². The molecule has 2 rings (SSSR count). The molecule has 0 bridgehead atoms. The second-order valence-electron chi connectivity index (χ2n) is 4.37. The second-order valence-corrected chi connectivity index (χ2v) is 4.78. The normalized spacial score (nSPS) is 10.4. The van der Waals surface area contributed by atoms with Gasteiger partial charge in [0.1, 0.15) is 11.6 Å². The first-order valence-electron chi connectivity index (χ1n) is 6.25. The van der Waals surface area contributed by atoms with E-state index < -0.39 is 5.82 Å². The molecule has 6 heteroatoms. The number of amides is 1. The third-order valence-corrected chi connectivity index (χ3v) is 3.05. The van der Waals surface area contributed by atoms with Gasteiger partial charge in [0.2, 0.25) is 5.91 Å². The summed E-state index contributed by atoms with van der Waals surface area (Å²) in [6.07, 6.45) is 0. The summed E-state index contributed by atoms with van der Waals surface area (Å²) in [5, 5.41) is 5.33. The molecule has 2 aromatic carbocycles. The summed E-state index contributed by atoms with van der Waals surface area (Å²) in [7, 11) is 0. The monoisotopic (exact) mass is 310 g/mol. The Morgan fingerprint density at radius 2 is 1.86 bits per heavy atom. The van der Waals surface area contributed by atoms with Gasteiger partial charge in [-0.1, -0.05) is 29.8 Å². The standard InChI is InChI=1S/C15H13ClF2N2O/c16-12-7-11(5-6-14(12)18)20-15(21)9-19-8-10-3-1-2-4-13(10)17/h1-7,19H,8-9H2,(H,20,21). The number of hydrogen-bond donors (Lipinski definition) is 2. The number of carbonyl (C=O) groups excluding carboxylic acids is 1. The fourth-order valence-electron chi connectivity index (χ4n) is 1.73. The van der Waals surface area contributed by atoms with Gasteiger partial charge < -0.3 is 10.6 Å². The first-order chi connectivity index (χ1) is 10.1. The number of hydrogen-bond acceptors (Lipinski definition) is 2. The van der Waals surface area contributed by atoms with E-state index in [-0.39, 0.29) is 29.8 Å². The smallest absolute Gasteiger partial charge is 0.238 e. The summed E-state index contributed by atoms with van der Waals surface area (Å²) in [5.41, 5.74) is 0.884. The van der Waals surface area contributed by atoms with Crippen LogP contribution in [-0.4, -0.2) is 12.5 Å². The van der Waals surface area contributed by atoms with E-state index in [0.29, 0.717) is 11.3 Å². The summed E-state index contributed by atoms with van der Waals surface area (Å²) in [6, 6.07) is 10.2. The molecule has 0 aliphatic heterocycles. The van der Waals surface area contributed by atoms with Crippen LogP contribution in [0.4, 0.5) is 14.5 Å². The zero-order valence-corrected chi connectivity index (χ0v) is 11.8. The van der Waals surface area contributed by atoms with Crippen LogP contribution in [0.2, 0.25) is 5.02 Å². The third-order valence-electron chi connectivity index (χ3n) is 2.76. The van der Waals surface area contributed by atoms with Gasteiger partial charge in [0.15, 0.2) is 0 Å². The minimum atomic E-state index is -0.549. The van der Waals surface area contributed by atoms with Crippen molar-refractivity contribution in [2.45, 2.75) is 6.54 Å². The Labute approximate surface area is 125 Å². The van der Waals surface area contributed by atoms with Crippen molar-refractivity contribution in [3.8, 4) is 0 Å². The lowest BCUT2D eigenvalue weighted by atomic mass is 10.2. The van der Waals surface area contributed by atoms with Crippen LogP contribution in [0.15, 0.2) is 42.5 Å². The Kier molecular flexibility index (Phi) is 5.25. The highest BCUT2D eigenvalue weighted by atomic mass is 35.5. The van der Waals surface area contributed by atoms with E-state index in [4.69, 9.17) is 11.6 Å². The molecule has 0 aliphatic rings. The minimum Gasteiger partial charge on any atom is -0.325 e. The number of halogens is 3. The van der Waals surface area contributed by atoms with Crippen LogP contribution in [0.5, 0.6) is 0 Å². The van der Waals surface area contributed by atoms with Gasteiger partial charge in [0, 0.05) is 17.8 Å². The summed E-state index contributed by atoms with van der Waals surface area (Å²) in [4.78, 5) is 11.7. The fourth-order valence-corrected chi connectivity index (χ4v) is 1.91. The highest BCUT2D eigenvalue weighted by Crippen LogP contribution is 2.19. The van der Waals surface area contributed by atoms with Crippen molar-refractivity contribution in [2.24, 2.45) is 0 Å². The Balaban J connectivity index is 1.82. The molecule has 3 nitrogen and oxygen atoms in total. The molecule has 0 aliphatic carbocycles. The van der Waals surface area contributed by atoms with Crippen molar-refractivity contribution in [2.75, 3.05) is 11.9 Å². The average Bonchev–Trinajstić information content (AvgIpc) is 2.45. The molecule has 21 heavy (non-hydrogen) atoms. The van der Waals surface area contributed by atoms with Gasteiger partial charge >= 0.3 is 0 Å². The summed E-state index contributed by atoms with van der Waals surface area (Å²) < 4.78 is 26.3. The van der Waals surface area contributed by atoms with E-state index in [1.165, 1.54) is 24.3 Å². The van der Waals surface area contributed by atoms with Crippen LogP contribution in [0, 0.1) is 11.6 Å². The summed E-state index contributed by atoms with van der Waals surface area (Å²) >= 11 is 5.62. The van der Waals surface area contributed by atoms with Crippen molar-refractivity contribution < 1.29 is 13.6 Å². The van der Waals surface area contributed by atoms with Crippen LogP contribution in [0.3, 0.4) is 0 Å². The van der Waals surface area contributed by atoms with Crippen molar-refractivity contribution in [3.63, 3.8) is 0 Å². The maximum atomic E-state index is 13.4. The van der Waals surface area contributed by atoms with Crippen LogP contribution in [0.25, 0.3) is 0 Å². The predicted molar refractivity (Wildman–Crippen MR) is 78.1 cm³/mol. The van der Waals surface area contributed by atoms with Crippen molar-refractivity contribution in [1.29, 1.82) is 0 Å². The second kappa shape index (κ2) is 7.15. The largest absolute Gasteiger partial charge is 0.325 e. The van der Waals surface area contributed by atoms with E-state index in [9.17, 15) is 13.6 Å². The fraction of sp³-hybridized carbons (Fsp3) is 0.133. The highest BCUT2D eigenvalue weighted by molar-refractivity contribution is 6.31. The lowest BCUT2D eigenvalue weighted by molar-refractivity contribution is -0.115. The molecule has 0 aromatic heterocycles. The minimum absolute atomic E-state index is 0.00330. The summed E-state index contributed by atoms with van der Waals surface area (Å²) in [6.45, 7) is 0.244. The Bertz CT molecular complexity index is 649. The Morgan fingerprint density at radius 1 is 1.10 bits per heavy atom. The Hall–Kier alpha value is -1.98. The number of benzene rings is 2.